The Kier molecular flexibility index (Phi) is 3.70. The Morgan fingerprint density at radius 1 is 1.44 bits per heavy atom. The second-order valence-corrected chi connectivity index (χ2v) is 4.86. The SMILES string of the molecule is O=C(Nc1nc(C(F)(F)F)cs1)C1CC=CCC1. The van der Waals surface area contributed by atoms with Crippen molar-refractivity contribution in [3.05, 3.63) is 23.2 Å². The van der Waals surface area contributed by atoms with Crippen molar-refractivity contribution in [3.63, 3.8) is 0 Å². The summed E-state index contributed by atoms with van der Waals surface area (Å²) in [7, 11) is 0. The summed E-state index contributed by atoms with van der Waals surface area (Å²) in [5, 5.41) is 3.34. The molecule has 1 aromatic heterocycles. The number of alkyl halides is 3. The van der Waals surface area contributed by atoms with Gasteiger partial charge < -0.3 is 5.32 Å². The van der Waals surface area contributed by atoms with Crippen molar-refractivity contribution in [3.8, 4) is 0 Å². The van der Waals surface area contributed by atoms with Gasteiger partial charge in [0.05, 0.1) is 0 Å². The number of nitrogens with one attached hydrogen (secondary N) is 1. The first-order valence-corrected chi connectivity index (χ1v) is 6.33. The van der Waals surface area contributed by atoms with Crippen LogP contribution in [0.15, 0.2) is 17.5 Å². The molecule has 0 fully saturated rings. The van der Waals surface area contributed by atoms with E-state index < -0.39 is 11.9 Å². The van der Waals surface area contributed by atoms with E-state index >= 15 is 0 Å². The molecule has 1 aliphatic carbocycles. The predicted octanol–water partition coefficient (Wildman–Crippen LogP) is 3.46. The third-order valence-corrected chi connectivity index (χ3v) is 3.42. The monoisotopic (exact) mass is 276 g/mol. The summed E-state index contributed by atoms with van der Waals surface area (Å²) in [6.07, 6.45) is 1.62. The van der Waals surface area contributed by atoms with Gasteiger partial charge in [-0.1, -0.05) is 12.2 Å². The lowest BCUT2D eigenvalue weighted by molar-refractivity contribution is -0.140. The van der Waals surface area contributed by atoms with Crippen molar-refractivity contribution in [1.82, 2.24) is 4.98 Å². The molecule has 1 N–H and O–H groups in total. The van der Waals surface area contributed by atoms with E-state index in [-0.39, 0.29) is 17.0 Å². The van der Waals surface area contributed by atoms with Gasteiger partial charge in [-0.15, -0.1) is 11.3 Å². The summed E-state index contributed by atoms with van der Waals surface area (Å²) in [5.74, 6) is -0.435. The predicted molar refractivity (Wildman–Crippen MR) is 62.2 cm³/mol. The minimum Gasteiger partial charge on any atom is -0.302 e. The van der Waals surface area contributed by atoms with E-state index in [1.54, 1.807) is 0 Å². The first kappa shape index (κ1) is 13.1. The number of carbonyl (C=O) groups is 1. The summed E-state index contributed by atoms with van der Waals surface area (Å²) in [6.45, 7) is 0. The number of allylic oxidation sites excluding steroid dienone is 2. The number of rotatable bonds is 2. The number of anilines is 1. The third-order valence-electron chi connectivity index (χ3n) is 2.66. The zero-order valence-electron chi connectivity index (χ0n) is 9.33. The van der Waals surface area contributed by atoms with Gasteiger partial charge in [-0.25, -0.2) is 4.98 Å². The van der Waals surface area contributed by atoms with Gasteiger partial charge in [0.1, 0.15) is 0 Å². The van der Waals surface area contributed by atoms with E-state index in [0.29, 0.717) is 6.42 Å². The Morgan fingerprint density at radius 3 is 2.78 bits per heavy atom. The van der Waals surface area contributed by atoms with E-state index in [4.69, 9.17) is 0 Å². The molecule has 0 saturated heterocycles. The Hall–Kier alpha value is -1.37. The van der Waals surface area contributed by atoms with Crippen molar-refractivity contribution in [2.75, 3.05) is 5.32 Å². The highest BCUT2D eigenvalue weighted by Crippen LogP contribution is 2.32. The number of hydrogen-bond acceptors (Lipinski definition) is 3. The average Bonchev–Trinajstić information content (AvgIpc) is 2.78. The molecular formula is C11H11F3N2OS. The molecular weight excluding hydrogens is 265 g/mol. The molecule has 1 heterocycles. The summed E-state index contributed by atoms with van der Waals surface area (Å²) >= 11 is 0.788. The van der Waals surface area contributed by atoms with Crippen LogP contribution in [-0.2, 0) is 11.0 Å². The Labute approximate surface area is 106 Å². The van der Waals surface area contributed by atoms with E-state index in [2.05, 4.69) is 10.3 Å². The lowest BCUT2D eigenvalue weighted by atomic mass is 9.94. The zero-order chi connectivity index (χ0) is 13.2. The van der Waals surface area contributed by atoms with Crippen molar-refractivity contribution in [2.45, 2.75) is 25.4 Å². The van der Waals surface area contributed by atoms with Crippen LogP contribution in [0.25, 0.3) is 0 Å². The van der Waals surface area contributed by atoms with Gasteiger partial charge in [-0.2, -0.15) is 13.2 Å². The fraction of sp³-hybridized carbons (Fsp3) is 0.455. The number of nitrogens with zero attached hydrogens (tertiary/aromatic N) is 1. The van der Waals surface area contributed by atoms with E-state index in [1.807, 2.05) is 12.2 Å². The van der Waals surface area contributed by atoms with E-state index in [1.165, 1.54) is 0 Å². The molecule has 1 amide bonds. The molecule has 3 nitrogen and oxygen atoms in total. The van der Waals surface area contributed by atoms with Gasteiger partial charge in [0.15, 0.2) is 10.8 Å². The summed E-state index contributed by atoms with van der Waals surface area (Å²) in [6, 6.07) is 0. The number of halogens is 3. The highest BCUT2D eigenvalue weighted by molar-refractivity contribution is 7.13. The maximum absolute atomic E-state index is 12.3. The lowest BCUT2D eigenvalue weighted by Gasteiger charge is -2.15. The quantitative estimate of drug-likeness (QED) is 0.840. The first-order valence-electron chi connectivity index (χ1n) is 5.45. The standard InChI is InChI=1S/C11H11F3N2OS/c12-11(13,14)8-6-18-10(15-8)16-9(17)7-4-2-1-3-5-7/h1-2,6-7H,3-5H2,(H,15,16,17). The number of aromatic nitrogens is 1. The van der Waals surface area contributed by atoms with Crippen molar-refractivity contribution < 1.29 is 18.0 Å². The molecule has 0 radical (unpaired) electrons. The largest absolute Gasteiger partial charge is 0.434 e. The molecule has 18 heavy (non-hydrogen) atoms. The molecule has 0 aliphatic heterocycles. The number of thiazole rings is 1. The maximum Gasteiger partial charge on any atom is 0.434 e. The molecule has 0 spiro atoms. The normalized spacial score (nSPS) is 19.8. The minimum absolute atomic E-state index is 0.00174. The summed E-state index contributed by atoms with van der Waals surface area (Å²) in [5.41, 5.74) is -0.966. The lowest BCUT2D eigenvalue weighted by Crippen LogP contribution is -2.23. The van der Waals surface area contributed by atoms with Gasteiger partial charge >= 0.3 is 6.18 Å². The molecule has 7 heteroatoms. The van der Waals surface area contributed by atoms with Crippen LogP contribution in [0.2, 0.25) is 0 Å². The number of hydrogen-bond donors (Lipinski definition) is 1. The van der Waals surface area contributed by atoms with Crippen molar-refractivity contribution in [2.24, 2.45) is 5.92 Å². The third kappa shape index (κ3) is 3.10. The molecule has 1 atom stereocenters. The molecule has 0 bridgehead atoms. The van der Waals surface area contributed by atoms with Crippen LogP contribution in [0.1, 0.15) is 25.0 Å². The number of amides is 1. The fourth-order valence-electron chi connectivity index (χ4n) is 1.70. The molecule has 1 aliphatic rings. The molecule has 1 aromatic rings. The first-order chi connectivity index (χ1) is 8.47. The van der Waals surface area contributed by atoms with Crippen molar-refractivity contribution >= 4 is 22.4 Å². The Morgan fingerprint density at radius 2 is 2.22 bits per heavy atom. The van der Waals surface area contributed by atoms with Crippen molar-refractivity contribution in [1.29, 1.82) is 0 Å². The second kappa shape index (κ2) is 5.09. The van der Waals surface area contributed by atoms with Crippen LogP contribution >= 0.6 is 11.3 Å². The molecule has 0 saturated carbocycles. The highest BCUT2D eigenvalue weighted by Gasteiger charge is 2.34. The molecule has 2 rings (SSSR count). The van der Waals surface area contributed by atoms with Crippen LogP contribution < -0.4 is 5.32 Å². The minimum atomic E-state index is -4.47. The smallest absolute Gasteiger partial charge is 0.302 e. The van der Waals surface area contributed by atoms with E-state index in [9.17, 15) is 18.0 Å². The topological polar surface area (TPSA) is 42.0 Å². The molecule has 0 aromatic carbocycles. The molecule has 1 unspecified atom stereocenters. The van der Waals surface area contributed by atoms with Gasteiger partial charge in [0.25, 0.3) is 0 Å². The molecule has 98 valence electrons. The van der Waals surface area contributed by atoms with Crippen LogP contribution in [0.3, 0.4) is 0 Å². The van der Waals surface area contributed by atoms with Crippen LogP contribution in [0.4, 0.5) is 18.3 Å². The summed E-state index contributed by atoms with van der Waals surface area (Å²) in [4.78, 5) is 15.1. The maximum atomic E-state index is 12.3. The Balaban J connectivity index is 1.99. The van der Waals surface area contributed by atoms with Gasteiger partial charge in [0, 0.05) is 11.3 Å². The average molecular weight is 276 g/mol. The Bertz CT molecular complexity index is 467. The van der Waals surface area contributed by atoms with Gasteiger partial charge in [0.2, 0.25) is 5.91 Å². The second-order valence-electron chi connectivity index (χ2n) is 4.01. The zero-order valence-corrected chi connectivity index (χ0v) is 10.1. The van der Waals surface area contributed by atoms with Crippen LogP contribution in [0, 0.1) is 5.92 Å². The van der Waals surface area contributed by atoms with Crippen LogP contribution in [0.5, 0.6) is 0 Å². The van der Waals surface area contributed by atoms with Gasteiger partial charge in [-0.3, -0.25) is 4.79 Å². The fourth-order valence-corrected chi connectivity index (χ4v) is 2.42. The summed E-state index contributed by atoms with van der Waals surface area (Å²) < 4.78 is 36.9. The van der Waals surface area contributed by atoms with E-state index in [0.717, 1.165) is 29.6 Å². The van der Waals surface area contributed by atoms with Crippen LogP contribution in [-0.4, -0.2) is 10.9 Å². The highest BCUT2D eigenvalue weighted by atomic mass is 32.1. The number of carbonyl (C=O) groups excluding carboxylic acids is 1. The van der Waals surface area contributed by atoms with Gasteiger partial charge in [-0.05, 0) is 19.3 Å².